The van der Waals surface area contributed by atoms with Crippen molar-refractivity contribution in [2.24, 2.45) is 0 Å². The minimum atomic E-state index is -4.65. The van der Waals surface area contributed by atoms with Gasteiger partial charge in [0.2, 0.25) is 0 Å². The summed E-state index contributed by atoms with van der Waals surface area (Å²) in [6.07, 6.45) is -3.47. The van der Waals surface area contributed by atoms with Crippen molar-refractivity contribution in [1.82, 2.24) is 4.98 Å². The summed E-state index contributed by atoms with van der Waals surface area (Å²) in [6, 6.07) is 11.8. The lowest BCUT2D eigenvalue weighted by molar-refractivity contribution is -0.140. The van der Waals surface area contributed by atoms with Crippen LogP contribution < -0.4 is 4.74 Å². The number of nitrogens with zero attached hydrogens (tertiary/aromatic N) is 1. The van der Waals surface area contributed by atoms with Gasteiger partial charge in [-0.15, -0.1) is 5.92 Å². The molecular weight excluding hydrogens is 462 g/mol. The summed E-state index contributed by atoms with van der Waals surface area (Å²) in [6.45, 7) is 1.65. The Kier molecular flexibility index (Phi) is 6.79. The highest BCUT2D eigenvalue weighted by Gasteiger charge is 2.36. The van der Waals surface area contributed by atoms with Crippen LogP contribution in [0.5, 0.6) is 5.75 Å². The predicted molar refractivity (Wildman–Crippen MR) is 121 cm³/mol. The second kappa shape index (κ2) is 9.79. The average Bonchev–Trinajstić information content (AvgIpc) is 2.83. The molecule has 8 heteroatoms. The van der Waals surface area contributed by atoms with Crippen LogP contribution >= 0.6 is 0 Å². The van der Waals surface area contributed by atoms with Gasteiger partial charge in [0.05, 0.1) is 12.3 Å². The van der Waals surface area contributed by atoms with Crippen molar-refractivity contribution in [3.63, 3.8) is 0 Å². The second-order valence-corrected chi connectivity index (χ2v) is 8.19. The standard InChI is InChI=1S/C27H21F4NO3/c1-2-4-16(15-25(33)34)17-7-10-23-19(13-17)8-11-24(35-23)21-14-18(6-9-22(21)28)20-5-3-12-32-26(20)27(29,30)31/h3,5-7,9-10,12-14,16,24H,8,11,15H2,1H3,(H,33,34)/t16-,24?/m0/s1. The number of carboxylic acids is 1. The molecule has 0 bridgehead atoms. The van der Waals surface area contributed by atoms with Crippen LogP contribution in [0.1, 0.15) is 54.2 Å². The zero-order valence-electron chi connectivity index (χ0n) is 18.7. The van der Waals surface area contributed by atoms with E-state index in [0.29, 0.717) is 18.6 Å². The molecule has 0 fully saturated rings. The molecule has 1 aliphatic rings. The van der Waals surface area contributed by atoms with Gasteiger partial charge in [-0.3, -0.25) is 9.78 Å². The SMILES string of the molecule is CC#C[C@@H](CC(=O)O)c1ccc2c(c1)CCC(c1cc(-c3cccnc3C(F)(F)F)ccc1F)O2. The average molecular weight is 483 g/mol. The van der Waals surface area contributed by atoms with E-state index in [0.717, 1.165) is 23.4 Å². The molecule has 180 valence electrons. The number of hydrogen-bond acceptors (Lipinski definition) is 3. The molecule has 2 aromatic carbocycles. The van der Waals surface area contributed by atoms with Gasteiger partial charge in [0.1, 0.15) is 17.7 Å². The third kappa shape index (κ3) is 5.29. The first-order chi connectivity index (χ1) is 16.7. The molecule has 1 N–H and O–H groups in total. The Morgan fingerprint density at radius 2 is 2.03 bits per heavy atom. The van der Waals surface area contributed by atoms with Gasteiger partial charge in [0.15, 0.2) is 5.69 Å². The molecular formula is C27H21F4NO3. The van der Waals surface area contributed by atoms with Gasteiger partial charge in [0.25, 0.3) is 0 Å². The summed E-state index contributed by atoms with van der Waals surface area (Å²) in [4.78, 5) is 14.7. The molecule has 35 heavy (non-hydrogen) atoms. The van der Waals surface area contributed by atoms with Gasteiger partial charge in [0, 0.05) is 17.3 Å². The molecule has 2 heterocycles. The number of pyridine rings is 1. The normalized spacial score (nSPS) is 15.9. The van der Waals surface area contributed by atoms with Crippen molar-refractivity contribution in [3.8, 4) is 28.7 Å². The summed E-state index contributed by atoms with van der Waals surface area (Å²) >= 11 is 0. The van der Waals surface area contributed by atoms with E-state index >= 15 is 0 Å². The van der Waals surface area contributed by atoms with Gasteiger partial charge in [-0.2, -0.15) is 13.2 Å². The van der Waals surface area contributed by atoms with E-state index < -0.39 is 35.7 Å². The van der Waals surface area contributed by atoms with E-state index in [-0.39, 0.29) is 23.1 Å². The Morgan fingerprint density at radius 3 is 2.74 bits per heavy atom. The maximum atomic E-state index is 14.8. The van der Waals surface area contributed by atoms with Crippen LogP contribution in [0.4, 0.5) is 17.6 Å². The van der Waals surface area contributed by atoms with Gasteiger partial charge >= 0.3 is 12.1 Å². The van der Waals surface area contributed by atoms with E-state index in [1.807, 2.05) is 6.07 Å². The molecule has 0 spiro atoms. The van der Waals surface area contributed by atoms with Crippen molar-refractivity contribution in [2.45, 2.75) is 44.4 Å². The number of aliphatic carboxylic acids is 1. The van der Waals surface area contributed by atoms with Crippen LogP contribution in [-0.4, -0.2) is 16.1 Å². The minimum absolute atomic E-state index is 0.130. The first-order valence-corrected chi connectivity index (χ1v) is 10.9. The summed E-state index contributed by atoms with van der Waals surface area (Å²) in [5.74, 6) is 4.20. The number of carboxylic acid groups (broad SMARTS) is 1. The number of aryl methyl sites for hydroxylation is 1. The van der Waals surface area contributed by atoms with Crippen LogP contribution in [-0.2, 0) is 17.4 Å². The summed E-state index contributed by atoms with van der Waals surface area (Å²) in [7, 11) is 0. The fraction of sp³-hybridized carbons (Fsp3) is 0.259. The first-order valence-electron chi connectivity index (χ1n) is 10.9. The number of hydrogen-bond donors (Lipinski definition) is 1. The van der Waals surface area contributed by atoms with Crippen LogP contribution in [0.15, 0.2) is 54.7 Å². The maximum absolute atomic E-state index is 14.8. The Hall–Kier alpha value is -3.86. The summed E-state index contributed by atoms with van der Waals surface area (Å²) < 4.78 is 61.1. The highest BCUT2D eigenvalue weighted by molar-refractivity contribution is 5.69. The minimum Gasteiger partial charge on any atom is -0.485 e. The number of fused-ring (bicyclic) bond motifs is 1. The molecule has 1 unspecified atom stereocenters. The smallest absolute Gasteiger partial charge is 0.433 e. The molecule has 0 saturated carbocycles. The first kappa shape index (κ1) is 24.3. The molecule has 0 radical (unpaired) electrons. The highest BCUT2D eigenvalue weighted by Crippen LogP contribution is 2.40. The maximum Gasteiger partial charge on any atom is 0.433 e. The summed E-state index contributed by atoms with van der Waals surface area (Å²) in [5.41, 5.74) is 0.785. The van der Waals surface area contributed by atoms with Gasteiger partial charge < -0.3 is 9.84 Å². The quantitative estimate of drug-likeness (QED) is 0.330. The number of halogens is 4. The van der Waals surface area contributed by atoms with Gasteiger partial charge in [-0.1, -0.05) is 30.2 Å². The molecule has 0 saturated heterocycles. The molecule has 2 atom stereocenters. The highest BCUT2D eigenvalue weighted by atomic mass is 19.4. The predicted octanol–water partition coefficient (Wildman–Crippen LogP) is 6.55. The molecule has 4 nitrogen and oxygen atoms in total. The van der Waals surface area contributed by atoms with E-state index in [1.165, 1.54) is 24.3 Å². The van der Waals surface area contributed by atoms with Crippen LogP contribution in [0.3, 0.4) is 0 Å². The van der Waals surface area contributed by atoms with E-state index in [9.17, 15) is 22.4 Å². The van der Waals surface area contributed by atoms with E-state index in [4.69, 9.17) is 9.84 Å². The van der Waals surface area contributed by atoms with Crippen molar-refractivity contribution in [2.75, 3.05) is 0 Å². The van der Waals surface area contributed by atoms with Crippen LogP contribution in [0.2, 0.25) is 0 Å². The fourth-order valence-corrected chi connectivity index (χ4v) is 4.27. The Labute approximate surface area is 199 Å². The molecule has 1 aliphatic heterocycles. The number of alkyl halides is 3. The Balaban J connectivity index is 1.64. The lowest BCUT2D eigenvalue weighted by Gasteiger charge is -2.28. The van der Waals surface area contributed by atoms with Crippen molar-refractivity contribution >= 4 is 5.97 Å². The molecule has 3 aromatic rings. The fourth-order valence-electron chi connectivity index (χ4n) is 4.27. The number of ether oxygens (including phenoxy) is 1. The van der Waals surface area contributed by atoms with Gasteiger partial charge in [-0.25, -0.2) is 4.39 Å². The van der Waals surface area contributed by atoms with Crippen molar-refractivity contribution < 1.29 is 32.2 Å². The van der Waals surface area contributed by atoms with Crippen molar-refractivity contribution in [1.29, 1.82) is 0 Å². The number of aromatic nitrogens is 1. The Bertz CT molecular complexity index is 1320. The Morgan fingerprint density at radius 1 is 1.23 bits per heavy atom. The zero-order valence-corrected chi connectivity index (χ0v) is 18.7. The van der Waals surface area contributed by atoms with E-state index in [2.05, 4.69) is 16.8 Å². The third-order valence-corrected chi connectivity index (χ3v) is 5.86. The topological polar surface area (TPSA) is 59.4 Å². The lowest BCUT2D eigenvalue weighted by atomic mass is 9.90. The number of carbonyl (C=O) groups is 1. The second-order valence-electron chi connectivity index (χ2n) is 8.19. The lowest BCUT2D eigenvalue weighted by Crippen LogP contribution is -2.17. The monoisotopic (exact) mass is 483 g/mol. The zero-order chi connectivity index (χ0) is 25.2. The van der Waals surface area contributed by atoms with Crippen LogP contribution in [0.25, 0.3) is 11.1 Å². The third-order valence-electron chi connectivity index (χ3n) is 5.86. The van der Waals surface area contributed by atoms with Gasteiger partial charge in [-0.05, 0) is 60.7 Å². The van der Waals surface area contributed by atoms with E-state index in [1.54, 1.807) is 19.1 Å². The molecule has 1 aromatic heterocycles. The largest absolute Gasteiger partial charge is 0.485 e. The number of rotatable bonds is 5. The molecule has 0 aliphatic carbocycles. The molecule has 4 rings (SSSR count). The van der Waals surface area contributed by atoms with Crippen LogP contribution in [0, 0.1) is 17.7 Å². The molecule has 0 amide bonds. The number of benzene rings is 2. The summed E-state index contributed by atoms with van der Waals surface area (Å²) in [5, 5.41) is 9.17. The van der Waals surface area contributed by atoms with Crippen molar-refractivity contribution in [3.05, 3.63) is 82.9 Å².